The summed E-state index contributed by atoms with van der Waals surface area (Å²) in [4.78, 5) is 17.2. The van der Waals surface area contributed by atoms with E-state index in [0.29, 0.717) is 12.5 Å². The van der Waals surface area contributed by atoms with E-state index in [4.69, 9.17) is 4.98 Å². The van der Waals surface area contributed by atoms with Crippen LogP contribution in [0.1, 0.15) is 37.4 Å². The highest BCUT2D eigenvalue weighted by atomic mass is 32.2. The lowest BCUT2D eigenvalue weighted by molar-refractivity contribution is -0.123. The molecule has 6 heteroatoms. The van der Waals surface area contributed by atoms with E-state index in [1.807, 2.05) is 40.6 Å². The molecule has 1 aliphatic heterocycles. The highest BCUT2D eigenvalue weighted by Gasteiger charge is 2.31. The van der Waals surface area contributed by atoms with Gasteiger partial charge in [-0.2, -0.15) is 11.8 Å². The Kier molecular flexibility index (Phi) is 4.26. The van der Waals surface area contributed by atoms with Gasteiger partial charge >= 0.3 is 0 Å². The van der Waals surface area contributed by atoms with Gasteiger partial charge in [0.2, 0.25) is 5.91 Å². The predicted octanol–water partition coefficient (Wildman–Crippen LogP) is 2.29. The minimum atomic E-state index is -0.739. The molecule has 128 valence electrons. The van der Waals surface area contributed by atoms with Crippen LogP contribution < -0.4 is 5.32 Å². The summed E-state index contributed by atoms with van der Waals surface area (Å²) >= 11 is 1.86. The fraction of sp³-hybridized carbons (Fsp3) is 0.556. The molecule has 4 rings (SSSR count). The van der Waals surface area contributed by atoms with Crippen LogP contribution in [0.2, 0.25) is 0 Å². The zero-order valence-corrected chi connectivity index (χ0v) is 14.5. The molecule has 1 aliphatic carbocycles. The molecule has 2 heterocycles. The standard InChI is InChI=1S/C18H23N3O2S/c22-16(19-12-18(23)7-9-24-10-8-18)11-21-15-4-2-1-3-14(15)20-17(21)13-5-6-13/h1-4,13,23H,5-12H2,(H,19,22). The zero-order chi connectivity index (χ0) is 16.6. The molecule has 2 fully saturated rings. The van der Waals surface area contributed by atoms with E-state index in [-0.39, 0.29) is 12.5 Å². The van der Waals surface area contributed by atoms with Gasteiger partial charge < -0.3 is 15.0 Å². The summed E-state index contributed by atoms with van der Waals surface area (Å²) in [6.07, 6.45) is 3.81. The van der Waals surface area contributed by atoms with Crippen molar-refractivity contribution in [2.24, 2.45) is 0 Å². The number of aromatic nitrogens is 2. The molecular weight excluding hydrogens is 322 g/mol. The monoisotopic (exact) mass is 345 g/mol. The number of nitrogens with one attached hydrogen (secondary N) is 1. The summed E-state index contributed by atoms with van der Waals surface area (Å²) in [6, 6.07) is 7.98. The van der Waals surface area contributed by atoms with Crippen molar-refractivity contribution < 1.29 is 9.90 Å². The van der Waals surface area contributed by atoms with E-state index >= 15 is 0 Å². The van der Waals surface area contributed by atoms with Gasteiger partial charge in [0.1, 0.15) is 12.4 Å². The Hall–Kier alpha value is -1.53. The van der Waals surface area contributed by atoms with Crippen LogP contribution in [-0.2, 0) is 11.3 Å². The second kappa shape index (κ2) is 6.41. The molecule has 1 saturated heterocycles. The Labute approximate surface area is 145 Å². The number of hydrogen-bond donors (Lipinski definition) is 2. The molecule has 1 saturated carbocycles. The van der Waals surface area contributed by atoms with Crippen molar-refractivity contribution in [3.05, 3.63) is 30.1 Å². The maximum Gasteiger partial charge on any atom is 0.240 e. The lowest BCUT2D eigenvalue weighted by Crippen LogP contribution is -2.46. The predicted molar refractivity (Wildman–Crippen MR) is 96.2 cm³/mol. The minimum Gasteiger partial charge on any atom is -0.388 e. The van der Waals surface area contributed by atoms with Crippen molar-refractivity contribution in [3.63, 3.8) is 0 Å². The summed E-state index contributed by atoms with van der Waals surface area (Å²) in [5.41, 5.74) is 1.23. The highest BCUT2D eigenvalue weighted by Crippen LogP contribution is 2.40. The lowest BCUT2D eigenvalue weighted by Gasteiger charge is -2.31. The van der Waals surface area contributed by atoms with Gasteiger partial charge in [0.05, 0.1) is 16.6 Å². The molecule has 0 spiro atoms. The number of carbonyl (C=O) groups is 1. The number of hydrogen-bond acceptors (Lipinski definition) is 4. The second-order valence-corrected chi connectivity index (χ2v) is 8.16. The number of aliphatic hydroxyl groups is 1. The molecule has 0 radical (unpaired) electrons. The van der Waals surface area contributed by atoms with Gasteiger partial charge in [-0.05, 0) is 49.3 Å². The van der Waals surface area contributed by atoms with Crippen molar-refractivity contribution in [3.8, 4) is 0 Å². The molecule has 0 bridgehead atoms. The molecule has 0 atom stereocenters. The largest absolute Gasteiger partial charge is 0.388 e. The van der Waals surface area contributed by atoms with Gasteiger partial charge in [-0.25, -0.2) is 4.98 Å². The van der Waals surface area contributed by atoms with Crippen molar-refractivity contribution in [2.75, 3.05) is 18.1 Å². The Bertz CT molecular complexity index is 748. The van der Waals surface area contributed by atoms with Gasteiger partial charge in [0, 0.05) is 12.5 Å². The van der Waals surface area contributed by atoms with Gasteiger partial charge in [-0.3, -0.25) is 4.79 Å². The molecule has 5 nitrogen and oxygen atoms in total. The Morgan fingerprint density at radius 2 is 2.08 bits per heavy atom. The molecular formula is C18H23N3O2S. The average molecular weight is 345 g/mol. The van der Waals surface area contributed by atoms with Crippen LogP contribution >= 0.6 is 11.8 Å². The van der Waals surface area contributed by atoms with Crippen molar-refractivity contribution >= 4 is 28.7 Å². The van der Waals surface area contributed by atoms with E-state index < -0.39 is 5.60 Å². The average Bonchev–Trinajstić information content (AvgIpc) is 3.37. The fourth-order valence-corrected chi connectivity index (χ4v) is 4.56. The first-order chi connectivity index (χ1) is 11.6. The number of amides is 1. The van der Waals surface area contributed by atoms with Gasteiger partial charge in [-0.1, -0.05) is 12.1 Å². The van der Waals surface area contributed by atoms with Crippen LogP contribution in [0.25, 0.3) is 11.0 Å². The molecule has 1 aromatic carbocycles. The van der Waals surface area contributed by atoms with Gasteiger partial charge in [0.15, 0.2) is 0 Å². The van der Waals surface area contributed by atoms with E-state index in [9.17, 15) is 9.90 Å². The third-order valence-corrected chi connectivity index (χ3v) is 5.95. The zero-order valence-electron chi connectivity index (χ0n) is 13.7. The number of imidazole rings is 1. The van der Waals surface area contributed by atoms with Crippen LogP contribution in [0.4, 0.5) is 0 Å². The quantitative estimate of drug-likeness (QED) is 0.872. The van der Waals surface area contributed by atoms with Crippen molar-refractivity contribution in [1.29, 1.82) is 0 Å². The molecule has 1 aromatic heterocycles. The first-order valence-electron chi connectivity index (χ1n) is 8.67. The van der Waals surface area contributed by atoms with Crippen LogP contribution in [0.15, 0.2) is 24.3 Å². The summed E-state index contributed by atoms with van der Waals surface area (Å²) in [6.45, 7) is 0.620. The lowest BCUT2D eigenvalue weighted by atomic mass is 9.97. The minimum absolute atomic E-state index is 0.0493. The fourth-order valence-electron chi connectivity index (χ4n) is 3.30. The Morgan fingerprint density at radius 3 is 2.83 bits per heavy atom. The highest BCUT2D eigenvalue weighted by molar-refractivity contribution is 7.99. The number of fused-ring (bicyclic) bond motifs is 1. The van der Waals surface area contributed by atoms with E-state index in [1.165, 1.54) is 0 Å². The van der Waals surface area contributed by atoms with E-state index in [2.05, 4.69) is 5.32 Å². The number of thioether (sulfide) groups is 1. The van der Waals surface area contributed by atoms with Crippen LogP contribution in [-0.4, -0.2) is 44.2 Å². The smallest absolute Gasteiger partial charge is 0.240 e. The summed E-state index contributed by atoms with van der Waals surface area (Å²) in [5.74, 6) is 3.39. The molecule has 1 amide bonds. The van der Waals surface area contributed by atoms with Crippen molar-refractivity contribution in [1.82, 2.24) is 14.9 Å². The first kappa shape index (κ1) is 16.0. The maximum atomic E-state index is 12.5. The van der Waals surface area contributed by atoms with Crippen LogP contribution in [0.3, 0.4) is 0 Å². The molecule has 0 unspecified atom stereocenters. The number of benzene rings is 1. The number of para-hydroxylation sites is 2. The Morgan fingerprint density at radius 1 is 1.33 bits per heavy atom. The molecule has 2 aliphatic rings. The summed E-state index contributed by atoms with van der Waals surface area (Å²) < 4.78 is 2.04. The molecule has 2 aromatic rings. The summed E-state index contributed by atoms with van der Waals surface area (Å²) in [7, 11) is 0. The first-order valence-corrected chi connectivity index (χ1v) is 9.82. The topological polar surface area (TPSA) is 67.2 Å². The molecule has 24 heavy (non-hydrogen) atoms. The number of carbonyl (C=O) groups excluding carboxylic acids is 1. The van der Waals surface area contributed by atoms with Crippen LogP contribution in [0.5, 0.6) is 0 Å². The van der Waals surface area contributed by atoms with Crippen LogP contribution in [0, 0.1) is 0 Å². The molecule has 2 N–H and O–H groups in total. The van der Waals surface area contributed by atoms with Crippen molar-refractivity contribution in [2.45, 2.75) is 43.7 Å². The Balaban J connectivity index is 1.47. The second-order valence-electron chi connectivity index (χ2n) is 6.93. The summed E-state index contributed by atoms with van der Waals surface area (Å²) in [5, 5.41) is 13.5. The normalized spacial score (nSPS) is 20.2. The third-order valence-electron chi connectivity index (χ3n) is 4.97. The number of nitrogens with zero attached hydrogens (tertiary/aromatic N) is 2. The third kappa shape index (κ3) is 3.30. The number of rotatable bonds is 5. The van der Waals surface area contributed by atoms with Gasteiger partial charge in [0.25, 0.3) is 0 Å². The van der Waals surface area contributed by atoms with E-state index in [0.717, 1.165) is 54.0 Å². The maximum absolute atomic E-state index is 12.5. The van der Waals surface area contributed by atoms with E-state index in [1.54, 1.807) is 0 Å². The van der Waals surface area contributed by atoms with Gasteiger partial charge in [-0.15, -0.1) is 0 Å². The SMILES string of the molecule is O=C(Cn1c(C2CC2)nc2ccccc21)NCC1(O)CCSCC1.